The molecule has 5 rings (SSSR count). The van der Waals surface area contributed by atoms with Crippen LogP contribution in [0.25, 0.3) is 17.1 Å². The maximum absolute atomic E-state index is 14.0. The van der Waals surface area contributed by atoms with Gasteiger partial charge >= 0.3 is 12.2 Å². The van der Waals surface area contributed by atoms with E-state index >= 15 is 0 Å². The second kappa shape index (κ2) is 9.29. The summed E-state index contributed by atoms with van der Waals surface area (Å²) in [6.07, 6.45) is -0.339. The molecule has 1 aliphatic carbocycles. The van der Waals surface area contributed by atoms with Crippen LogP contribution in [0, 0.1) is 0 Å². The van der Waals surface area contributed by atoms with Gasteiger partial charge in [-0.2, -0.15) is 4.39 Å². The van der Waals surface area contributed by atoms with Gasteiger partial charge in [0.15, 0.2) is 17.3 Å². The monoisotopic (exact) mass is 475 g/mol. The number of H-pyrrole nitrogens is 1. The number of para-hydroxylation sites is 1. The summed E-state index contributed by atoms with van der Waals surface area (Å²) < 4.78 is 55.1. The Bertz CT molecular complexity index is 1270. The Hall–Kier alpha value is -3.67. The summed E-state index contributed by atoms with van der Waals surface area (Å²) >= 11 is 0. The lowest BCUT2D eigenvalue weighted by Gasteiger charge is -2.22. The van der Waals surface area contributed by atoms with Gasteiger partial charge in [-0.15, -0.1) is 0 Å². The maximum Gasteiger partial charge on any atom is 0.439 e. The average molecular weight is 475 g/mol. The number of rotatable bonds is 8. The fraction of sp³-hybridized carbons (Fsp3) is 0.364. The van der Waals surface area contributed by atoms with Gasteiger partial charge in [0.2, 0.25) is 5.82 Å². The highest BCUT2D eigenvalue weighted by Gasteiger charge is 2.29. The number of hydrogen-bond donors (Lipinski definition) is 2. The summed E-state index contributed by atoms with van der Waals surface area (Å²) in [6.45, 7) is 0.784. The molecule has 1 atom stereocenters. The van der Waals surface area contributed by atoms with Crippen molar-refractivity contribution in [2.24, 2.45) is 0 Å². The first-order chi connectivity index (χ1) is 16.5. The Morgan fingerprint density at radius 3 is 2.76 bits per heavy atom. The molecule has 1 saturated carbocycles. The molecule has 2 aliphatic rings. The third-order valence-corrected chi connectivity index (χ3v) is 5.46. The van der Waals surface area contributed by atoms with Crippen LogP contribution in [-0.2, 0) is 4.74 Å². The molecule has 0 radical (unpaired) electrons. The molecule has 2 aromatic heterocycles. The van der Waals surface area contributed by atoms with Crippen LogP contribution in [0.3, 0.4) is 0 Å². The van der Waals surface area contributed by atoms with Gasteiger partial charge in [-0.05, 0) is 30.9 Å². The predicted molar refractivity (Wildman–Crippen MR) is 115 cm³/mol. The molecule has 0 amide bonds. The van der Waals surface area contributed by atoms with Crippen molar-refractivity contribution in [3.8, 4) is 17.3 Å². The van der Waals surface area contributed by atoms with E-state index < -0.39 is 18.5 Å². The normalized spacial score (nSPS) is 16.9. The van der Waals surface area contributed by atoms with E-state index in [-0.39, 0.29) is 34.7 Å². The molecule has 178 valence electrons. The van der Waals surface area contributed by atoms with Crippen molar-refractivity contribution < 1.29 is 27.2 Å². The molecule has 0 bridgehead atoms. The van der Waals surface area contributed by atoms with Crippen LogP contribution in [-0.4, -0.2) is 46.1 Å². The molecular weight excluding hydrogens is 455 g/mol. The van der Waals surface area contributed by atoms with Gasteiger partial charge in [0.25, 0.3) is 6.36 Å². The number of halogens is 3. The molecule has 0 saturated heterocycles. The van der Waals surface area contributed by atoms with Crippen molar-refractivity contribution in [1.82, 2.24) is 20.1 Å². The van der Waals surface area contributed by atoms with E-state index in [9.17, 15) is 18.0 Å². The molecule has 2 N–H and O–H groups in total. The second-order valence-corrected chi connectivity index (χ2v) is 7.87. The summed E-state index contributed by atoms with van der Waals surface area (Å²) in [5.41, 5.74) is 2.35. The number of alkyl halides is 3. The minimum Gasteiger partial charge on any atom is -0.452 e. The number of nitrogens with one attached hydrogen (secondary N) is 2. The Labute approximate surface area is 191 Å². The van der Waals surface area contributed by atoms with Gasteiger partial charge in [0, 0.05) is 11.5 Å². The van der Waals surface area contributed by atoms with Gasteiger partial charge in [-0.3, -0.25) is 9.51 Å². The Kier molecular flexibility index (Phi) is 6.05. The van der Waals surface area contributed by atoms with E-state index in [2.05, 4.69) is 29.9 Å². The fourth-order valence-corrected chi connectivity index (χ4v) is 3.65. The molecule has 1 unspecified atom stereocenters. The quantitative estimate of drug-likeness (QED) is 0.499. The molecule has 34 heavy (non-hydrogen) atoms. The number of benzene rings is 1. The van der Waals surface area contributed by atoms with Crippen LogP contribution in [0.2, 0.25) is 0 Å². The summed E-state index contributed by atoms with van der Waals surface area (Å²) in [7, 11) is 0. The van der Waals surface area contributed by atoms with Crippen LogP contribution in [0.4, 0.5) is 24.7 Å². The smallest absolute Gasteiger partial charge is 0.439 e. The maximum atomic E-state index is 14.0. The van der Waals surface area contributed by atoms with Crippen molar-refractivity contribution in [2.45, 2.75) is 38.0 Å². The van der Waals surface area contributed by atoms with Crippen LogP contribution >= 0.6 is 0 Å². The van der Waals surface area contributed by atoms with Gasteiger partial charge < -0.3 is 14.8 Å². The van der Waals surface area contributed by atoms with Crippen molar-refractivity contribution in [3.05, 3.63) is 52.3 Å². The molecule has 1 fully saturated rings. The zero-order valence-electron chi connectivity index (χ0n) is 17.8. The van der Waals surface area contributed by atoms with E-state index in [0.717, 1.165) is 24.1 Å². The van der Waals surface area contributed by atoms with E-state index in [4.69, 9.17) is 9.47 Å². The summed E-state index contributed by atoms with van der Waals surface area (Å²) in [4.78, 5) is 22.9. The highest BCUT2D eigenvalue weighted by Crippen LogP contribution is 2.42. The number of aromatic nitrogens is 4. The summed E-state index contributed by atoms with van der Waals surface area (Å²) in [5, 5.41) is 6.68. The molecule has 1 aromatic carbocycles. The van der Waals surface area contributed by atoms with Crippen molar-refractivity contribution >= 4 is 17.1 Å². The number of aromatic amines is 1. The van der Waals surface area contributed by atoms with Crippen molar-refractivity contribution in [3.63, 3.8) is 0 Å². The average Bonchev–Trinajstić information content (AvgIpc) is 3.61. The largest absolute Gasteiger partial charge is 0.452 e. The van der Waals surface area contributed by atoms with Gasteiger partial charge in [0.1, 0.15) is 0 Å². The first-order valence-electron chi connectivity index (χ1n) is 10.7. The zero-order valence-corrected chi connectivity index (χ0v) is 17.8. The summed E-state index contributed by atoms with van der Waals surface area (Å²) in [5.74, 6) is -0.404. The van der Waals surface area contributed by atoms with Crippen molar-refractivity contribution in [1.29, 1.82) is 0 Å². The fourth-order valence-electron chi connectivity index (χ4n) is 3.65. The first-order valence-corrected chi connectivity index (χ1v) is 10.7. The van der Waals surface area contributed by atoms with Crippen LogP contribution in [0.1, 0.15) is 36.4 Å². The minimum absolute atomic E-state index is 0.0456. The lowest BCUT2D eigenvalue weighted by molar-refractivity contribution is -0.0666. The lowest BCUT2D eigenvalue weighted by Crippen LogP contribution is -2.21. The van der Waals surface area contributed by atoms with E-state index in [1.54, 1.807) is 30.5 Å². The minimum atomic E-state index is -3.34. The predicted octanol–water partition coefficient (Wildman–Crippen LogP) is 4.18. The van der Waals surface area contributed by atoms with Gasteiger partial charge in [-0.1, -0.05) is 23.4 Å². The second-order valence-electron chi connectivity index (χ2n) is 7.87. The number of ether oxygens (including phenoxy) is 2. The Morgan fingerprint density at radius 1 is 1.24 bits per heavy atom. The van der Waals surface area contributed by atoms with Gasteiger partial charge in [-0.25, -0.2) is 23.5 Å². The number of hydrogen-bond acceptors (Lipinski definition) is 8. The molecule has 3 aromatic rings. The zero-order chi connectivity index (χ0) is 23.7. The summed E-state index contributed by atoms with van der Waals surface area (Å²) in [6, 6.07) is 4.89. The Morgan fingerprint density at radius 2 is 2.09 bits per heavy atom. The molecule has 3 heterocycles. The van der Waals surface area contributed by atoms with Crippen LogP contribution in [0.15, 0.2) is 39.8 Å². The van der Waals surface area contributed by atoms with E-state index in [0.29, 0.717) is 25.2 Å². The highest BCUT2D eigenvalue weighted by molar-refractivity contribution is 5.81. The molecule has 0 spiro atoms. The molecule has 9 nitrogen and oxygen atoms in total. The Balaban J connectivity index is 1.57. The number of nitrogens with zero attached hydrogens (tertiary/aromatic N) is 3. The molecule has 12 heteroatoms. The van der Waals surface area contributed by atoms with Crippen LogP contribution in [0.5, 0.6) is 5.75 Å². The standard InChI is InChI=1S/C22H20F3N5O4/c23-18(24)19(25)33-17-13(11-6-8-32-9-7-11)2-1-3-14(17)28-20-16(21-29-22(31)34-30-21)27-15(10-26-20)12-4-5-12/h1-3,6,10,12,18-19H,4-5,7-9H2,(H,26,28)(H,29,30,31). The molecule has 1 aliphatic heterocycles. The SMILES string of the molecule is O=c1[nH]c(-c2nc(C3CC3)cnc2Nc2cccc(C3=CCOCC3)c2OC(F)C(F)F)no1. The number of anilines is 2. The first kappa shape index (κ1) is 22.1. The third-order valence-electron chi connectivity index (χ3n) is 5.46. The lowest BCUT2D eigenvalue weighted by atomic mass is 9.99. The molecular formula is C22H20F3N5O4. The third kappa shape index (κ3) is 4.67. The van der Waals surface area contributed by atoms with Crippen molar-refractivity contribution in [2.75, 3.05) is 18.5 Å². The van der Waals surface area contributed by atoms with Gasteiger partial charge in [0.05, 0.1) is 30.8 Å². The highest BCUT2D eigenvalue weighted by atomic mass is 19.3. The topological polar surface area (TPSA) is 115 Å². The van der Waals surface area contributed by atoms with E-state index in [1.807, 2.05) is 0 Å². The van der Waals surface area contributed by atoms with Crippen LogP contribution < -0.4 is 15.8 Å². The van der Waals surface area contributed by atoms with E-state index in [1.165, 1.54) is 0 Å².